The van der Waals surface area contributed by atoms with Crippen LogP contribution in [0.15, 0.2) is 22.6 Å². The van der Waals surface area contributed by atoms with Gasteiger partial charge in [-0.05, 0) is 11.5 Å². The summed E-state index contributed by atoms with van der Waals surface area (Å²) >= 11 is 0. The van der Waals surface area contributed by atoms with Gasteiger partial charge in [-0.1, -0.05) is 32.0 Å². The summed E-state index contributed by atoms with van der Waals surface area (Å²) in [5.74, 6) is 1.26. The van der Waals surface area contributed by atoms with Crippen LogP contribution in [0.3, 0.4) is 0 Å². The second-order valence-electron chi connectivity index (χ2n) is 4.52. The third kappa shape index (κ3) is 2.08. The van der Waals surface area contributed by atoms with Crippen molar-refractivity contribution >= 4 is 11.0 Å². The first-order valence-electron chi connectivity index (χ1n) is 5.91. The summed E-state index contributed by atoms with van der Waals surface area (Å²) in [4.78, 5) is 0. The number of rotatable bonds is 4. The van der Waals surface area contributed by atoms with Crippen molar-refractivity contribution in [3.05, 3.63) is 35.1 Å². The van der Waals surface area contributed by atoms with Gasteiger partial charge < -0.3 is 14.9 Å². The molecular formula is C14H19NO2. The zero-order valence-electron chi connectivity index (χ0n) is 10.6. The number of fused-ring (bicyclic) bond motifs is 1. The zero-order valence-corrected chi connectivity index (χ0v) is 10.6. The van der Waals surface area contributed by atoms with E-state index in [4.69, 9.17) is 14.9 Å². The molecule has 1 aromatic carbocycles. The van der Waals surface area contributed by atoms with Crippen LogP contribution in [0.2, 0.25) is 0 Å². The molecular weight excluding hydrogens is 214 g/mol. The minimum Gasteiger partial charge on any atom is -0.459 e. The molecule has 0 saturated heterocycles. The molecule has 0 amide bonds. The number of hydrogen-bond donors (Lipinski definition) is 1. The summed E-state index contributed by atoms with van der Waals surface area (Å²) in [7, 11) is 1.69. The molecule has 0 saturated carbocycles. The second kappa shape index (κ2) is 4.90. The molecule has 0 fully saturated rings. The van der Waals surface area contributed by atoms with Crippen molar-refractivity contribution in [2.45, 2.75) is 32.9 Å². The Morgan fingerprint density at radius 3 is 2.71 bits per heavy atom. The fraction of sp³-hybridized carbons (Fsp3) is 0.429. The zero-order chi connectivity index (χ0) is 12.4. The molecule has 0 aliphatic carbocycles. The number of ether oxygens (including phenoxy) is 1. The fourth-order valence-electron chi connectivity index (χ4n) is 2.16. The predicted octanol–water partition coefficient (Wildman–Crippen LogP) is 3.16. The van der Waals surface area contributed by atoms with E-state index in [2.05, 4.69) is 32.0 Å². The van der Waals surface area contributed by atoms with E-state index < -0.39 is 0 Å². The van der Waals surface area contributed by atoms with E-state index in [1.54, 1.807) is 7.11 Å². The Morgan fingerprint density at radius 2 is 2.12 bits per heavy atom. The van der Waals surface area contributed by atoms with Crippen LogP contribution in [0, 0.1) is 0 Å². The highest BCUT2D eigenvalue weighted by atomic mass is 16.5. The summed E-state index contributed by atoms with van der Waals surface area (Å²) in [5.41, 5.74) is 8.97. The molecule has 0 atom stereocenters. The third-order valence-electron chi connectivity index (χ3n) is 3.03. The maximum absolute atomic E-state index is 5.89. The topological polar surface area (TPSA) is 48.4 Å². The van der Waals surface area contributed by atoms with E-state index in [1.807, 2.05) is 0 Å². The van der Waals surface area contributed by atoms with Crippen molar-refractivity contribution in [2.24, 2.45) is 5.73 Å². The van der Waals surface area contributed by atoms with Gasteiger partial charge in [0.15, 0.2) is 0 Å². The molecule has 92 valence electrons. The van der Waals surface area contributed by atoms with Gasteiger partial charge in [0.1, 0.15) is 11.3 Å². The van der Waals surface area contributed by atoms with Crippen LogP contribution in [-0.2, 0) is 17.9 Å². The van der Waals surface area contributed by atoms with E-state index in [1.165, 1.54) is 5.56 Å². The largest absolute Gasteiger partial charge is 0.459 e. The first kappa shape index (κ1) is 12.1. The number of para-hydroxylation sites is 1. The lowest BCUT2D eigenvalue weighted by Gasteiger charge is -2.05. The molecule has 17 heavy (non-hydrogen) atoms. The van der Waals surface area contributed by atoms with Gasteiger partial charge in [-0.15, -0.1) is 0 Å². The van der Waals surface area contributed by atoms with Gasteiger partial charge >= 0.3 is 0 Å². The first-order valence-corrected chi connectivity index (χ1v) is 5.91. The maximum atomic E-state index is 5.89. The molecule has 2 rings (SSSR count). The van der Waals surface area contributed by atoms with Crippen LogP contribution in [-0.4, -0.2) is 7.11 Å². The number of hydrogen-bond acceptors (Lipinski definition) is 3. The fourth-order valence-corrected chi connectivity index (χ4v) is 2.16. The molecule has 0 spiro atoms. The monoisotopic (exact) mass is 233 g/mol. The smallest absolute Gasteiger partial charge is 0.138 e. The number of methoxy groups -OCH3 is 1. The van der Waals surface area contributed by atoms with Crippen LogP contribution < -0.4 is 5.73 Å². The molecule has 2 N–H and O–H groups in total. The van der Waals surface area contributed by atoms with Gasteiger partial charge in [0.25, 0.3) is 0 Å². The Balaban J connectivity index is 2.68. The van der Waals surface area contributed by atoms with E-state index in [-0.39, 0.29) is 0 Å². The second-order valence-corrected chi connectivity index (χ2v) is 4.52. The van der Waals surface area contributed by atoms with E-state index >= 15 is 0 Å². The van der Waals surface area contributed by atoms with Crippen LogP contribution >= 0.6 is 0 Å². The van der Waals surface area contributed by atoms with E-state index in [0.717, 1.165) is 22.3 Å². The highest BCUT2D eigenvalue weighted by Crippen LogP contribution is 2.32. The van der Waals surface area contributed by atoms with Gasteiger partial charge in [-0.3, -0.25) is 0 Å². The third-order valence-corrected chi connectivity index (χ3v) is 3.03. The molecule has 0 radical (unpaired) electrons. The van der Waals surface area contributed by atoms with E-state index in [0.29, 0.717) is 19.1 Å². The number of benzene rings is 1. The molecule has 0 unspecified atom stereocenters. The van der Waals surface area contributed by atoms with Crippen molar-refractivity contribution in [3.63, 3.8) is 0 Å². The average Bonchev–Trinajstić information content (AvgIpc) is 2.67. The van der Waals surface area contributed by atoms with Crippen LogP contribution in [0.25, 0.3) is 11.0 Å². The predicted molar refractivity (Wildman–Crippen MR) is 68.9 cm³/mol. The van der Waals surface area contributed by atoms with Crippen LogP contribution in [0.4, 0.5) is 0 Å². The molecule has 0 bridgehead atoms. The number of nitrogens with two attached hydrogens (primary N) is 1. The van der Waals surface area contributed by atoms with Crippen LogP contribution in [0.5, 0.6) is 0 Å². The molecule has 0 aliphatic heterocycles. The SMILES string of the molecule is COCc1c(CN)oc2c(C(C)C)cccc12. The standard InChI is InChI=1S/C14H19NO2/c1-9(2)10-5-4-6-11-12(8-16-3)13(7-15)17-14(10)11/h4-6,9H,7-8,15H2,1-3H3. The van der Waals surface area contributed by atoms with Crippen LogP contribution in [0.1, 0.15) is 36.7 Å². The molecule has 3 heteroatoms. The Morgan fingerprint density at radius 1 is 1.35 bits per heavy atom. The summed E-state index contributed by atoms with van der Waals surface area (Å²) in [6, 6.07) is 6.23. The van der Waals surface area contributed by atoms with Gasteiger partial charge in [-0.25, -0.2) is 0 Å². The minimum atomic E-state index is 0.408. The summed E-state index contributed by atoms with van der Waals surface area (Å²) < 4.78 is 11.1. The summed E-state index contributed by atoms with van der Waals surface area (Å²) in [6.45, 7) is 5.27. The minimum absolute atomic E-state index is 0.408. The Labute approximate surface area is 102 Å². The molecule has 1 aromatic heterocycles. The van der Waals surface area contributed by atoms with Crippen molar-refractivity contribution in [1.82, 2.24) is 0 Å². The molecule has 0 aliphatic rings. The lowest BCUT2D eigenvalue weighted by atomic mass is 10.00. The molecule has 2 aromatic rings. The van der Waals surface area contributed by atoms with Gasteiger partial charge in [-0.2, -0.15) is 0 Å². The lowest BCUT2D eigenvalue weighted by molar-refractivity contribution is 0.184. The summed E-state index contributed by atoms with van der Waals surface area (Å²) in [5, 5.41) is 1.12. The first-order chi connectivity index (χ1) is 8.19. The van der Waals surface area contributed by atoms with Gasteiger partial charge in [0, 0.05) is 18.1 Å². The van der Waals surface area contributed by atoms with Crippen molar-refractivity contribution in [3.8, 4) is 0 Å². The van der Waals surface area contributed by atoms with E-state index in [9.17, 15) is 0 Å². The maximum Gasteiger partial charge on any atom is 0.138 e. The molecule has 1 heterocycles. The Hall–Kier alpha value is -1.32. The molecule has 3 nitrogen and oxygen atoms in total. The average molecular weight is 233 g/mol. The lowest BCUT2D eigenvalue weighted by Crippen LogP contribution is -1.99. The normalized spacial score (nSPS) is 11.6. The summed E-state index contributed by atoms with van der Waals surface area (Å²) in [6.07, 6.45) is 0. The van der Waals surface area contributed by atoms with Gasteiger partial charge in [0.2, 0.25) is 0 Å². The number of furan rings is 1. The quantitative estimate of drug-likeness (QED) is 0.882. The highest BCUT2D eigenvalue weighted by molar-refractivity contribution is 5.85. The Bertz CT molecular complexity index is 514. The highest BCUT2D eigenvalue weighted by Gasteiger charge is 2.16. The van der Waals surface area contributed by atoms with Gasteiger partial charge in [0.05, 0.1) is 13.2 Å². The van der Waals surface area contributed by atoms with Crippen molar-refractivity contribution < 1.29 is 9.15 Å². The van der Waals surface area contributed by atoms with Crippen molar-refractivity contribution in [2.75, 3.05) is 7.11 Å². The Kier molecular flexibility index (Phi) is 3.50. The van der Waals surface area contributed by atoms with Crippen molar-refractivity contribution in [1.29, 1.82) is 0 Å².